The van der Waals surface area contributed by atoms with E-state index in [1.807, 2.05) is 23.0 Å². The molecule has 1 saturated heterocycles. The Kier molecular flexibility index (Phi) is 5.33. The lowest BCUT2D eigenvalue weighted by Gasteiger charge is -2.25. The highest BCUT2D eigenvalue weighted by molar-refractivity contribution is 5.92. The molecule has 0 atom stereocenters. The number of aryl methyl sites for hydroxylation is 1. The summed E-state index contributed by atoms with van der Waals surface area (Å²) in [6.45, 7) is 5.21. The highest BCUT2D eigenvalue weighted by Gasteiger charge is 2.14. The zero-order chi connectivity index (χ0) is 22.0. The number of ether oxygens (including phenoxy) is 1. The van der Waals surface area contributed by atoms with E-state index in [2.05, 4.69) is 60.1 Å². The van der Waals surface area contributed by atoms with Gasteiger partial charge in [0.2, 0.25) is 0 Å². The molecule has 0 aliphatic carbocycles. The van der Waals surface area contributed by atoms with E-state index in [4.69, 9.17) is 4.74 Å². The van der Waals surface area contributed by atoms with Crippen LogP contribution >= 0.6 is 0 Å². The number of rotatable bonds is 5. The molecule has 2 aromatic carbocycles. The highest BCUT2D eigenvalue weighted by Crippen LogP contribution is 2.29. The van der Waals surface area contributed by atoms with Crippen LogP contribution in [0, 0.1) is 0 Å². The van der Waals surface area contributed by atoms with Gasteiger partial charge in [0.1, 0.15) is 12.1 Å². The molecule has 168 valence electrons. The largest absolute Gasteiger partial charge is 0.385 e. The summed E-state index contributed by atoms with van der Waals surface area (Å²) in [5.41, 5.74) is 6.33. The second-order valence-electron chi connectivity index (χ2n) is 8.49. The van der Waals surface area contributed by atoms with E-state index in [1.54, 1.807) is 6.33 Å². The highest BCUT2D eigenvalue weighted by atomic mass is 16.5. The van der Waals surface area contributed by atoms with Gasteiger partial charge in [-0.05, 0) is 54.8 Å². The zero-order valence-electron chi connectivity index (χ0n) is 18.4. The predicted octanol–water partition coefficient (Wildman–Crippen LogP) is 3.14. The number of aromatic nitrogens is 5. The number of benzene rings is 2. The van der Waals surface area contributed by atoms with Crippen molar-refractivity contribution in [1.82, 2.24) is 29.9 Å². The van der Waals surface area contributed by atoms with E-state index >= 15 is 0 Å². The second kappa shape index (κ2) is 8.76. The van der Waals surface area contributed by atoms with Gasteiger partial charge in [0.25, 0.3) is 0 Å². The van der Waals surface area contributed by atoms with E-state index in [0.29, 0.717) is 0 Å². The standard InChI is InChI=1S/C24H26N8O/c1-2-17-12-18(3-5-22(17)25-7-1)28-24-21-13-20(4-6-23(21)26-16-27-24)32-15-19(29-30-32)14-31-8-10-33-11-9-31/h3-6,12-13,15-16,25H,1-2,7-11,14H2,(H,26,27,28). The zero-order valence-corrected chi connectivity index (χ0v) is 18.4. The molecular formula is C24H26N8O. The summed E-state index contributed by atoms with van der Waals surface area (Å²) in [7, 11) is 0. The van der Waals surface area contributed by atoms with E-state index < -0.39 is 0 Å². The molecule has 2 aliphatic rings. The van der Waals surface area contributed by atoms with Crippen LogP contribution < -0.4 is 10.6 Å². The smallest absolute Gasteiger partial charge is 0.141 e. The lowest BCUT2D eigenvalue weighted by molar-refractivity contribution is 0.0336. The summed E-state index contributed by atoms with van der Waals surface area (Å²) >= 11 is 0. The average Bonchev–Trinajstić information content (AvgIpc) is 3.33. The molecule has 0 unspecified atom stereocenters. The van der Waals surface area contributed by atoms with Crippen LogP contribution in [0.3, 0.4) is 0 Å². The number of nitrogens with one attached hydrogen (secondary N) is 2. The number of fused-ring (bicyclic) bond motifs is 2. The van der Waals surface area contributed by atoms with Crippen LogP contribution in [-0.2, 0) is 17.7 Å². The first-order valence-corrected chi connectivity index (χ1v) is 11.4. The van der Waals surface area contributed by atoms with E-state index in [9.17, 15) is 0 Å². The summed E-state index contributed by atoms with van der Waals surface area (Å²) in [5, 5.41) is 16.6. The van der Waals surface area contributed by atoms with Crippen LogP contribution in [0.5, 0.6) is 0 Å². The van der Waals surface area contributed by atoms with Crippen molar-refractivity contribution < 1.29 is 4.74 Å². The van der Waals surface area contributed by atoms with Crippen molar-refractivity contribution in [2.75, 3.05) is 43.5 Å². The fourth-order valence-corrected chi connectivity index (χ4v) is 4.46. The number of anilines is 3. The molecule has 0 saturated carbocycles. The van der Waals surface area contributed by atoms with Crippen molar-refractivity contribution in [2.24, 2.45) is 0 Å². The maximum atomic E-state index is 5.43. The monoisotopic (exact) mass is 442 g/mol. The minimum Gasteiger partial charge on any atom is -0.385 e. The number of hydrogen-bond donors (Lipinski definition) is 2. The van der Waals surface area contributed by atoms with Gasteiger partial charge in [-0.1, -0.05) is 5.21 Å². The number of nitrogens with zero attached hydrogens (tertiary/aromatic N) is 6. The van der Waals surface area contributed by atoms with Gasteiger partial charge >= 0.3 is 0 Å². The second-order valence-corrected chi connectivity index (χ2v) is 8.49. The van der Waals surface area contributed by atoms with Gasteiger partial charge in [-0.2, -0.15) is 0 Å². The molecule has 9 nitrogen and oxygen atoms in total. The number of morpholine rings is 1. The fourth-order valence-electron chi connectivity index (χ4n) is 4.46. The summed E-state index contributed by atoms with van der Waals surface area (Å²) in [6, 6.07) is 12.5. The predicted molar refractivity (Wildman–Crippen MR) is 127 cm³/mol. The SMILES string of the molecule is c1nc(Nc2ccc3c(c2)CCCN3)c2cc(-n3cc(CN4CCOCC4)nn3)ccc2n1. The Balaban J connectivity index is 1.27. The van der Waals surface area contributed by atoms with Crippen molar-refractivity contribution in [2.45, 2.75) is 19.4 Å². The van der Waals surface area contributed by atoms with Crippen LogP contribution in [0.1, 0.15) is 17.7 Å². The van der Waals surface area contributed by atoms with Gasteiger partial charge < -0.3 is 15.4 Å². The molecule has 1 fully saturated rings. The van der Waals surface area contributed by atoms with Gasteiger partial charge in [-0.3, -0.25) is 4.90 Å². The Morgan fingerprint density at radius 2 is 2.00 bits per heavy atom. The van der Waals surface area contributed by atoms with Gasteiger partial charge in [0.15, 0.2) is 0 Å². The topological polar surface area (TPSA) is 93.0 Å². The Bertz CT molecular complexity index is 1280. The van der Waals surface area contributed by atoms with Gasteiger partial charge in [-0.15, -0.1) is 5.10 Å². The molecule has 0 amide bonds. The number of hydrogen-bond acceptors (Lipinski definition) is 8. The molecular weight excluding hydrogens is 416 g/mol. The molecule has 33 heavy (non-hydrogen) atoms. The first-order chi connectivity index (χ1) is 16.3. The van der Waals surface area contributed by atoms with Gasteiger partial charge in [0.05, 0.1) is 36.3 Å². The quantitative estimate of drug-likeness (QED) is 0.487. The molecule has 2 N–H and O–H groups in total. The van der Waals surface area contributed by atoms with Crippen molar-refractivity contribution in [3.8, 4) is 5.69 Å². The lowest BCUT2D eigenvalue weighted by Crippen LogP contribution is -2.35. The van der Waals surface area contributed by atoms with Crippen molar-refractivity contribution >= 4 is 28.1 Å². The minimum absolute atomic E-state index is 0.773. The third-order valence-corrected chi connectivity index (χ3v) is 6.22. The van der Waals surface area contributed by atoms with Crippen LogP contribution in [0.2, 0.25) is 0 Å². The third kappa shape index (κ3) is 4.24. The Morgan fingerprint density at radius 3 is 2.94 bits per heavy atom. The molecule has 2 aliphatic heterocycles. The molecule has 0 radical (unpaired) electrons. The molecule has 0 bridgehead atoms. The van der Waals surface area contributed by atoms with Crippen LogP contribution in [0.25, 0.3) is 16.6 Å². The van der Waals surface area contributed by atoms with Gasteiger partial charge in [0, 0.05) is 42.9 Å². The summed E-state index contributed by atoms with van der Waals surface area (Å²) in [4.78, 5) is 11.3. The molecule has 0 spiro atoms. The van der Waals surface area contributed by atoms with Crippen molar-refractivity contribution in [3.05, 3.63) is 60.2 Å². The van der Waals surface area contributed by atoms with Crippen molar-refractivity contribution in [3.63, 3.8) is 0 Å². The summed E-state index contributed by atoms with van der Waals surface area (Å²) in [5.74, 6) is 0.777. The van der Waals surface area contributed by atoms with E-state index in [0.717, 1.165) is 86.0 Å². The van der Waals surface area contributed by atoms with Crippen LogP contribution in [-0.4, -0.2) is 62.7 Å². The van der Waals surface area contributed by atoms with Crippen LogP contribution in [0.15, 0.2) is 48.9 Å². The molecule has 4 heterocycles. The third-order valence-electron chi connectivity index (χ3n) is 6.22. The molecule has 2 aromatic heterocycles. The maximum absolute atomic E-state index is 5.43. The van der Waals surface area contributed by atoms with Crippen LogP contribution in [0.4, 0.5) is 17.2 Å². The average molecular weight is 443 g/mol. The summed E-state index contributed by atoms with van der Waals surface area (Å²) < 4.78 is 7.25. The summed E-state index contributed by atoms with van der Waals surface area (Å²) in [6.07, 6.45) is 5.83. The van der Waals surface area contributed by atoms with E-state index in [-0.39, 0.29) is 0 Å². The molecule has 4 aromatic rings. The van der Waals surface area contributed by atoms with Gasteiger partial charge in [-0.25, -0.2) is 14.6 Å². The Hall–Kier alpha value is -3.56. The van der Waals surface area contributed by atoms with Crippen molar-refractivity contribution in [1.29, 1.82) is 0 Å². The lowest BCUT2D eigenvalue weighted by atomic mass is 10.0. The molecule has 6 rings (SSSR count). The first kappa shape index (κ1) is 20.1. The normalized spacial score (nSPS) is 16.4. The Labute approximate surface area is 191 Å². The Morgan fingerprint density at radius 1 is 1.06 bits per heavy atom. The van der Waals surface area contributed by atoms with E-state index in [1.165, 1.54) is 11.3 Å². The maximum Gasteiger partial charge on any atom is 0.141 e. The fraction of sp³-hybridized carbons (Fsp3) is 0.333. The first-order valence-electron chi connectivity index (χ1n) is 11.4. The minimum atomic E-state index is 0.773. The molecule has 9 heteroatoms.